The Morgan fingerprint density at radius 2 is 2.37 bits per heavy atom. The lowest BCUT2D eigenvalue weighted by molar-refractivity contribution is 0.0592. The second-order valence-electron chi connectivity index (χ2n) is 4.94. The van der Waals surface area contributed by atoms with Crippen LogP contribution in [-0.2, 0) is 29.0 Å². The maximum Gasteiger partial charge on any atom is 0.357 e. The van der Waals surface area contributed by atoms with Gasteiger partial charge in [-0.05, 0) is 12.3 Å². The minimum Gasteiger partial charge on any atom is -0.464 e. The molecule has 3 heterocycles. The quantitative estimate of drug-likeness (QED) is 0.798. The average Bonchev–Trinajstić information content (AvgIpc) is 3.07. The zero-order valence-corrected chi connectivity index (χ0v) is 10.9. The van der Waals surface area contributed by atoms with Gasteiger partial charge >= 0.3 is 5.97 Å². The second-order valence-corrected chi connectivity index (χ2v) is 4.94. The summed E-state index contributed by atoms with van der Waals surface area (Å²) in [4.78, 5) is 20.8. The third-order valence-corrected chi connectivity index (χ3v) is 3.61. The molecule has 1 aromatic heterocycles. The lowest BCUT2D eigenvalue weighted by Gasteiger charge is -2.10. The Morgan fingerprint density at radius 3 is 3.11 bits per heavy atom. The highest BCUT2D eigenvalue weighted by Gasteiger charge is 2.25. The fraction of sp³-hybridized carbons (Fsp3) is 0.615. The van der Waals surface area contributed by atoms with E-state index in [9.17, 15) is 4.79 Å². The van der Waals surface area contributed by atoms with E-state index in [1.807, 2.05) is 0 Å². The molecule has 1 atom stereocenters. The number of carbonyl (C=O) groups is 1. The highest BCUT2D eigenvalue weighted by atomic mass is 16.5. The lowest BCUT2D eigenvalue weighted by atomic mass is 10.0. The van der Waals surface area contributed by atoms with E-state index < -0.39 is 0 Å². The van der Waals surface area contributed by atoms with Gasteiger partial charge in [0.1, 0.15) is 5.82 Å². The zero-order valence-electron chi connectivity index (χ0n) is 10.9. The summed E-state index contributed by atoms with van der Waals surface area (Å²) in [5.74, 6) is 0.794. The number of rotatable bonds is 3. The first-order chi connectivity index (χ1) is 9.28. The standard InChI is InChI=1S/C13H17N3O3/c1-18-13(17)12-9-5-14-6-10(9)15-11(16-12)4-8-2-3-19-7-8/h8,14H,2-7H2,1H3. The molecule has 1 fully saturated rings. The smallest absolute Gasteiger partial charge is 0.357 e. The van der Waals surface area contributed by atoms with E-state index in [0.717, 1.165) is 43.1 Å². The van der Waals surface area contributed by atoms with E-state index in [2.05, 4.69) is 15.3 Å². The van der Waals surface area contributed by atoms with Crippen molar-refractivity contribution >= 4 is 5.97 Å². The van der Waals surface area contributed by atoms with Gasteiger partial charge in [-0.3, -0.25) is 0 Å². The number of aromatic nitrogens is 2. The second kappa shape index (κ2) is 5.22. The summed E-state index contributed by atoms with van der Waals surface area (Å²) in [6.07, 6.45) is 1.80. The molecule has 6 heteroatoms. The van der Waals surface area contributed by atoms with Gasteiger partial charge in [0, 0.05) is 38.3 Å². The molecule has 6 nitrogen and oxygen atoms in total. The van der Waals surface area contributed by atoms with Crippen LogP contribution >= 0.6 is 0 Å². The molecule has 1 N–H and O–H groups in total. The topological polar surface area (TPSA) is 73.3 Å². The molecule has 3 rings (SSSR count). The maximum absolute atomic E-state index is 11.8. The van der Waals surface area contributed by atoms with Crippen molar-refractivity contribution in [2.45, 2.75) is 25.9 Å². The molecular weight excluding hydrogens is 246 g/mol. The molecule has 1 aromatic rings. The van der Waals surface area contributed by atoms with Gasteiger partial charge in [-0.15, -0.1) is 0 Å². The largest absolute Gasteiger partial charge is 0.464 e. The van der Waals surface area contributed by atoms with Crippen LogP contribution in [0.25, 0.3) is 0 Å². The molecule has 0 aromatic carbocycles. The Labute approximate surface area is 111 Å². The molecular formula is C13H17N3O3. The molecule has 1 saturated heterocycles. The number of ether oxygens (including phenoxy) is 2. The summed E-state index contributed by atoms with van der Waals surface area (Å²) < 4.78 is 10.2. The van der Waals surface area contributed by atoms with E-state index >= 15 is 0 Å². The Kier molecular flexibility index (Phi) is 3.44. The van der Waals surface area contributed by atoms with Crippen LogP contribution in [0.2, 0.25) is 0 Å². The van der Waals surface area contributed by atoms with E-state index in [-0.39, 0.29) is 5.97 Å². The van der Waals surface area contributed by atoms with E-state index in [1.165, 1.54) is 7.11 Å². The van der Waals surface area contributed by atoms with Gasteiger partial charge in [0.15, 0.2) is 5.69 Å². The molecule has 0 bridgehead atoms. The molecule has 0 amide bonds. The number of methoxy groups -OCH3 is 1. The summed E-state index contributed by atoms with van der Waals surface area (Å²) in [5, 5.41) is 3.19. The van der Waals surface area contributed by atoms with Crippen LogP contribution in [0.4, 0.5) is 0 Å². The minimum atomic E-state index is -0.383. The Balaban J connectivity index is 1.90. The first kappa shape index (κ1) is 12.5. The van der Waals surface area contributed by atoms with Crippen LogP contribution in [0.3, 0.4) is 0 Å². The molecule has 0 radical (unpaired) electrons. The van der Waals surface area contributed by atoms with Crippen molar-refractivity contribution in [1.29, 1.82) is 0 Å². The number of nitrogens with zero attached hydrogens (tertiary/aromatic N) is 2. The van der Waals surface area contributed by atoms with E-state index in [0.29, 0.717) is 24.7 Å². The maximum atomic E-state index is 11.8. The summed E-state index contributed by atoms with van der Waals surface area (Å²) in [7, 11) is 1.38. The van der Waals surface area contributed by atoms with Crippen molar-refractivity contribution < 1.29 is 14.3 Å². The van der Waals surface area contributed by atoms with Crippen molar-refractivity contribution in [3.05, 3.63) is 22.8 Å². The van der Waals surface area contributed by atoms with Crippen molar-refractivity contribution in [2.24, 2.45) is 5.92 Å². The van der Waals surface area contributed by atoms with Crippen LogP contribution in [0, 0.1) is 5.92 Å². The van der Waals surface area contributed by atoms with Gasteiger partial charge < -0.3 is 14.8 Å². The molecule has 19 heavy (non-hydrogen) atoms. The molecule has 0 saturated carbocycles. The van der Waals surface area contributed by atoms with Crippen LogP contribution in [-0.4, -0.2) is 36.3 Å². The third-order valence-electron chi connectivity index (χ3n) is 3.61. The SMILES string of the molecule is COC(=O)c1nc(CC2CCOC2)nc2c1CNC2. The summed E-state index contributed by atoms with van der Waals surface area (Å²) in [6.45, 7) is 2.88. The Morgan fingerprint density at radius 1 is 1.47 bits per heavy atom. The normalized spacial score (nSPS) is 21.4. The number of esters is 1. The predicted molar refractivity (Wildman–Crippen MR) is 66.5 cm³/mol. The van der Waals surface area contributed by atoms with Crippen molar-refractivity contribution in [3.8, 4) is 0 Å². The average molecular weight is 263 g/mol. The Bertz CT molecular complexity index is 498. The van der Waals surface area contributed by atoms with Crippen LogP contribution in [0.5, 0.6) is 0 Å². The van der Waals surface area contributed by atoms with Crippen molar-refractivity contribution in [2.75, 3.05) is 20.3 Å². The minimum absolute atomic E-state index is 0.383. The molecule has 0 spiro atoms. The lowest BCUT2D eigenvalue weighted by Crippen LogP contribution is -2.15. The predicted octanol–water partition coefficient (Wildman–Crippen LogP) is 0.445. The van der Waals surface area contributed by atoms with Gasteiger partial charge in [-0.1, -0.05) is 0 Å². The third kappa shape index (κ3) is 2.46. The number of hydrogen-bond donors (Lipinski definition) is 1. The fourth-order valence-electron chi connectivity index (χ4n) is 2.58. The van der Waals surface area contributed by atoms with Gasteiger partial charge in [0.25, 0.3) is 0 Å². The zero-order chi connectivity index (χ0) is 13.2. The van der Waals surface area contributed by atoms with Gasteiger partial charge in [-0.2, -0.15) is 0 Å². The van der Waals surface area contributed by atoms with Crippen LogP contribution in [0.15, 0.2) is 0 Å². The van der Waals surface area contributed by atoms with Crippen molar-refractivity contribution in [1.82, 2.24) is 15.3 Å². The van der Waals surface area contributed by atoms with Gasteiger partial charge in [0.05, 0.1) is 12.8 Å². The fourth-order valence-corrected chi connectivity index (χ4v) is 2.58. The monoisotopic (exact) mass is 263 g/mol. The van der Waals surface area contributed by atoms with E-state index in [1.54, 1.807) is 0 Å². The van der Waals surface area contributed by atoms with Crippen LogP contribution in [0.1, 0.15) is 34.0 Å². The van der Waals surface area contributed by atoms with E-state index in [4.69, 9.17) is 9.47 Å². The highest BCUT2D eigenvalue weighted by Crippen LogP contribution is 2.21. The number of hydrogen-bond acceptors (Lipinski definition) is 6. The molecule has 2 aliphatic rings. The Hall–Kier alpha value is -1.53. The number of nitrogens with one attached hydrogen (secondary N) is 1. The summed E-state index contributed by atoms with van der Waals surface area (Å²) in [6, 6.07) is 0. The van der Waals surface area contributed by atoms with Crippen molar-refractivity contribution in [3.63, 3.8) is 0 Å². The molecule has 2 aliphatic heterocycles. The van der Waals surface area contributed by atoms with Gasteiger partial charge in [-0.25, -0.2) is 14.8 Å². The summed E-state index contributed by atoms with van der Waals surface area (Å²) in [5.41, 5.74) is 2.20. The first-order valence-corrected chi connectivity index (χ1v) is 6.53. The molecule has 1 unspecified atom stereocenters. The highest BCUT2D eigenvalue weighted by molar-refractivity contribution is 5.89. The van der Waals surface area contributed by atoms with Crippen LogP contribution < -0.4 is 5.32 Å². The molecule has 102 valence electrons. The summed E-state index contributed by atoms with van der Waals surface area (Å²) >= 11 is 0. The molecule has 0 aliphatic carbocycles. The number of carbonyl (C=O) groups excluding carboxylic acids is 1. The first-order valence-electron chi connectivity index (χ1n) is 6.53. The number of fused-ring (bicyclic) bond motifs is 1. The van der Waals surface area contributed by atoms with Gasteiger partial charge in [0.2, 0.25) is 0 Å².